The number of nitrogens with one attached hydrogen (secondary N) is 1. The van der Waals surface area contributed by atoms with Crippen LogP contribution < -0.4 is 15.9 Å². The van der Waals surface area contributed by atoms with Crippen LogP contribution in [-0.4, -0.2) is 22.6 Å². The van der Waals surface area contributed by atoms with E-state index in [0.717, 1.165) is 36.3 Å². The van der Waals surface area contributed by atoms with Crippen LogP contribution >= 0.6 is 23.7 Å². The second-order valence-corrected chi connectivity index (χ2v) is 6.50. The third-order valence-corrected chi connectivity index (χ3v) is 5.03. The summed E-state index contributed by atoms with van der Waals surface area (Å²) in [6.07, 6.45) is 4.08. The molecule has 1 heterocycles. The van der Waals surface area contributed by atoms with Crippen molar-refractivity contribution in [3.05, 3.63) is 20.2 Å². The molecule has 0 spiro atoms. The molecule has 1 aromatic heterocycles. The summed E-state index contributed by atoms with van der Waals surface area (Å²) in [7, 11) is 0. The Kier molecular flexibility index (Phi) is 5.79. The van der Waals surface area contributed by atoms with E-state index >= 15 is 0 Å². The van der Waals surface area contributed by atoms with Crippen LogP contribution in [0.15, 0.2) is 4.79 Å². The maximum atomic E-state index is 12.1. The highest BCUT2D eigenvalue weighted by atomic mass is 35.5. The number of rotatable bonds is 4. The lowest BCUT2D eigenvalue weighted by Crippen LogP contribution is -2.52. The van der Waals surface area contributed by atoms with E-state index < -0.39 is 0 Å². The third-order valence-electron chi connectivity index (χ3n) is 4.03. The lowest BCUT2D eigenvalue weighted by Gasteiger charge is -2.28. The summed E-state index contributed by atoms with van der Waals surface area (Å²) in [6.45, 7) is 4.33. The Labute approximate surface area is 129 Å². The molecule has 1 saturated carbocycles. The Bertz CT molecular complexity index is 532. The Morgan fingerprint density at radius 1 is 1.40 bits per heavy atom. The Balaban J connectivity index is 0.00000200. The Morgan fingerprint density at radius 2 is 2.00 bits per heavy atom. The summed E-state index contributed by atoms with van der Waals surface area (Å²) in [6, 6.07) is 0. The van der Waals surface area contributed by atoms with Gasteiger partial charge < -0.3 is 11.1 Å². The van der Waals surface area contributed by atoms with Crippen LogP contribution in [0.5, 0.6) is 0 Å². The molecule has 1 fully saturated rings. The first-order valence-corrected chi connectivity index (χ1v) is 7.47. The number of hydrogen-bond donors (Lipinski definition) is 2. The van der Waals surface area contributed by atoms with E-state index in [1.54, 1.807) is 0 Å². The fourth-order valence-corrected chi connectivity index (χ4v) is 3.51. The molecule has 1 aliphatic rings. The van der Waals surface area contributed by atoms with E-state index in [1.165, 1.54) is 15.9 Å². The van der Waals surface area contributed by atoms with Crippen molar-refractivity contribution in [2.24, 2.45) is 5.73 Å². The van der Waals surface area contributed by atoms with Crippen LogP contribution in [-0.2, 0) is 11.3 Å². The number of carbonyl (C=O) groups is 1. The number of halogens is 1. The molecule has 0 radical (unpaired) electrons. The zero-order valence-electron chi connectivity index (χ0n) is 11.9. The molecule has 1 aliphatic carbocycles. The fraction of sp³-hybridized carbons (Fsp3) is 0.692. The standard InChI is InChI=1S/C13H21N3O2S.ClH/c1-9-10(2)19-12(18)16(9)7-11(17)15-13(8-14)5-3-4-6-13;/h3-8,14H2,1-2H3,(H,15,17);1H. The summed E-state index contributed by atoms with van der Waals surface area (Å²) in [4.78, 5) is 24.8. The molecule has 5 nitrogen and oxygen atoms in total. The predicted octanol–water partition coefficient (Wildman–Crippen LogP) is 1.34. The first-order chi connectivity index (χ1) is 8.97. The smallest absolute Gasteiger partial charge is 0.308 e. The van der Waals surface area contributed by atoms with Gasteiger partial charge >= 0.3 is 4.87 Å². The molecule has 0 saturated heterocycles. The molecule has 20 heavy (non-hydrogen) atoms. The number of carbonyl (C=O) groups excluding carboxylic acids is 1. The normalized spacial score (nSPS) is 16.8. The fourth-order valence-electron chi connectivity index (χ4n) is 2.68. The molecule has 0 bridgehead atoms. The molecule has 7 heteroatoms. The first-order valence-electron chi connectivity index (χ1n) is 6.65. The number of amides is 1. The van der Waals surface area contributed by atoms with Crippen LogP contribution in [0.1, 0.15) is 36.3 Å². The number of nitrogens with zero attached hydrogens (tertiary/aromatic N) is 1. The number of aryl methyl sites for hydroxylation is 1. The van der Waals surface area contributed by atoms with E-state index in [1.807, 2.05) is 13.8 Å². The maximum absolute atomic E-state index is 12.1. The average molecular weight is 320 g/mol. The number of thiazole rings is 1. The number of nitrogens with two attached hydrogens (primary N) is 1. The van der Waals surface area contributed by atoms with Crippen molar-refractivity contribution in [3.8, 4) is 0 Å². The highest BCUT2D eigenvalue weighted by Gasteiger charge is 2.33. The minimum absolute atomic E-state index is 0. The van der Waals surface area contributed by atoms with Gasteiger partial charge in [-0.15, -0.1) is 12.4 Å². The molecule has 1 aromatic rings. The van der Waals surface area contributed by atoms with Gasteiger partial charge in [0.2, 0.25) is 5.91 Å². The molecular weight excluding hydrogens is 298 g/mol. The van der Waals surface area contributed by atoms with Crippen molar-refractivity contribution in [2.75, 3.05) is 6.54 Å². The van der Waals surface area contributed by atoms with E-state index in [9.17, 15) is 9.59 Å². The van der Waals surface area contributed by atoms with Gasteiger partial charge in [0.1, 0.15) is 6.54 Å². The van der Waals surface area contributed by atoms with Crippen molar-refractivity contribution in [3.63, 3.8) is 0 Å². The van der Waals surface area contributed by atoms with Crippen LogP contribution in [0.25, 0.3) is 0 Å². The van der Waals surface area contributed by atoms with Gasteiger partial charge in [-0.3, -0.25) is 14.2 Å². The molecule has 1 amide bonds. The number of aromatic nitrogens is 1. The van der Waals surface area contributed by atoms with Crippen molar-refractivity contribution < 1.29 is 4.79 Å². The van der Waals surface area contributed by atoms with Gasteiger partial charge in [-0.2, -0.15) is 0 Å². The summed E-state index contributed by atoms with van der Waals surface area (Å²) in [5.74, 6) is -0.115. The van der Waals surface area contributed by atoms with E-state index in [2.05, 4.69) is 5.32 Å². The molecular formula is C13H22ClN3O2S. The number of hydrogen-bond acceptors (Lipinski definition) is 4. The quantitative estimate of drug-likeness (QED) is 0.879. The summed E-state index contributed by atoms with van der Waals surface area (Å²) in [5.41, 5.74) is 6.42. The first kappa shape index (κ1) is 17.2. The lowest BCUT2D eigenvalue weighted by atomic mass is 9.98. The summed E-state index contributed by atoms with van der Waals surface area (Å²) < 4.78 is 1.54. The third kappa shape index (κ3) is 3.42. The van der Waals surface area contributed by atoms with Crippen LogP contribution in [0.4, 0.5) is 0 Å². The second kappa shape index (κ2) is 6.74. The highest BCUT2D eigenvalue weighted by Crippen LogP contribution is 2.28. The molecule has 0 aromatic carbocycles. The topological polar surface area (TPSA) is 77.1 Å². The van der Waals surface area contributed by atoms with Gasteiger partial charge in [0.15, 0.2) is 0 Å². The largest absolute Gasteiger partial charge is 0.348 e. The predicted molar refractivity (Wildman–Crippen MR) is 83.7 cm³/mol. The molecule has 0 unspecified atom stereocenters. The van der Waals surface area contributed by atoms with Crippen molar-refractivity contribution >= 4 is 29.7 Å². The van der Waals surface area contributed by atoms with Gasteiger partial charge in [0.25, 0.3) is 0 Å². The minimum atomic E-state index is -0.250. The molecule has 0 aliphatic heterocycles. The van der Waals surface area contributed by atoms with Crippen LogP contribution in [0.3, 0.4) is 0 Å². The second-order valence-electron chi connectivity index (χ2n) is 5.34. The molecule has 114 valence electrons. The van der Waals surface area contributed by atoms with Gasteiger partial charge in [-0.25, -0.2) is 0 Å². The molecule has 2 rings (SSSR count). The van der Waals surface area contributed by atoms with Crippen molar-refractivity contribution in [1.82, 2.24) is 9.88 Å². The lowest BCUT2D eigenvalue weighted by molar-refractivity contribution is -0.123. The van der Waals surface area contributed by atoms with Crippen LogP contribution in [0, 0.1) is 13.8 Å². The van der Waals surface area contributed by atoms with Crippen molar-refractivity contribution in [2.45, 2.75) is 51.6 Å². The van der Waals surface area contributed by atoms with Gasteiger partial charge in [0.05, 0.1) is 5.54 Å². The highest BCUT2D eigenvalue weighted by molar-refractivity contribution is 7.09. The van der Waals surface area contributed by atoms with Gasteiger partial charge in [-0.05, 0) is 26.7 Å². The minimum Gasteiger partial charge on any atom is -0.348 e. The molecule has 0 atom stereocenters. The SMILES string of the molecule is Cc1sc(=O)n(CC(=O)NC2(CN)CCCC2)c1C.Cl. The Morgan fingerprint density at radius 3 is 2.45 bits per heavy atom. The van der Waals surface area contributed by atoms with Gasteiger partial charge in [0, 0.05) is 17.1 Å². The summed E-state index contributed by atoms with van der Waals surface area (Å²) >= 11 is 1.19. The maximum Gasteiger partial charge on any atom is 0.308 e. The average Bonchev–Trinajstić information content (AvgIpc) is 2.91. The van der Waals surface area contributed by atoms with Crippen molar-refractivity contribution in [1.29, 1.82) is 0 Å². The van der Waals surface area contributed by atoms with Gasteiger partial charge in [-0.1, -0.05) is 24.2 Å². The monoisotopic (exact) mass is 319 g/mol. The summed E-state index contributed by atoms with van der Waals surface area (Å²) in [5, 5.41) is 3.04. The van der Waals surface area contributed by atoms with E-state index in [4.69, 9.17) is 5.73 Å². The Hall–Kier alpha value is -0.850. The van der Waals surface area contributed by atoms with E-state index in [-0.39, 0.29) is 35.3 Å². The van der Waals surface area contributed by atoms with Crippen LogP contribution in [0.2, 0.25) is 0 Å². The molecule has 3 N–H and O–H groups in total. The van der Waals surface area contributed by atoms with E-state index in [0.29, 0.717) is 6.54 Å². The zero-order valence-corrected chi connectivity index (χ0v) is 13.5. The zero-order chi connectivity index (χ0) is 14.0.